The molecule has 1 saturated heterocycles. The summed E-state index contributed by atoms with van der Waals surface area (Å²) in [6.07, 6.45) is 1.91. The Balaban J connectivity index is 1.78. The molecule has 1 aliphatic heterocycles. The van der Waals surface area contributed by atoms with Crippen LogP contribution < -0.4 is 9.64 Å². The highest BCUT2D eigenvalue weighted by Gasteiger charge is 2.48. The highest BCUT2D eigenvalue weighted by atomic mass is 35.5. The summed E-state index contributed by atoms with van der Waals surface area (Å²) >= 11 is 6.28. The lowest BCUT2D eigenvalue weighted by Crippen LogP contribution is -2.29. The Morgan fingerprint density at radius 2 is 1.82 bits per heavy atom. The largest absolute Gasteiger partial charge is 0.507 e. The molecule has 1 unspecified atom stereocenters. The molecule has 1 amide bonds. The number of para-hydroxylation sites is 1. The molecule has 38 heavy (non-hydrogen) atoms. The second kappa shape index (κ2) is 10.0. The molecule has 1 aromatic heterocycles. The van der Waals surface area contributed by atoms with Gasteiger partial charge in [-0.15, -0.1) is 0 Å². The molecule has 1 fully saturated rings. The summed E-state index contributed by atoms with van der Waals surface area (Å²) in [5, 5.41) is 13.0. The van der Waals surface area contributed by atoms with E-state index in [4.69, 9.17) is 16.3 Å². The van der Waals surface area contributed by atoms with Gasteiger partial charge in [0, 0.05) is 46.0 Å². The number of hydrogen-bond acceptors (Lipinski definition) is 4. The van der Waals surface area contributed by atoms with E-state index in [1.807, 2.05) is 68.9 Å². The SMILES string of the molecule is CCOc1ccc(/C(O)=C2\C(=O)C(=O)N(c3cccc(Cl)c3)C2c2cn(C)c3ccccc23)cc1C(C)C. The van der Waals surface area contributed by atoms with Gasteiger partial charge in [-0.25, -0.2) is 0 Å². The van der Waals surface area contributed by atoms with E-state index in [0.29, 0.717) is 22.9 Å². The number of aromatic nitrogens is 1. The second-order valence-electron chi connectivity index (χ2n) is 9.70. The van der Waals surface area contributed by atoms with Gasteiger partial charge in [-0.3, -0.25) is 14.5 Å². The molecular formula is C31H29ClN2O4. The molecule has 1 atom stereocenters. The van der Waals surface area contributed by atoms with Crippen molar-refractivity contribution in [1.29, 1.82) is 0 Å². The van der Waals surface area contributed by atoms with Crippen molar-refractivity contribution in [1.82, 2.24) is 4.57 Å². The third kappa shape index (κ3) is 4.25. The maximum Gasteiger partial charge on any atom is 0.300 e. The van der Waals surface area contributed by atoms with E-state index in [9.17, 15) is 14.7 Å². The van der Waals surface area contributed by atoms with Crippen LogP contribution in [-0.4, -0.2) is 28.0 Å². The lowest BCUT2D eigenvalue weighted by Gasteiger charge is -2.25. The van der Waals surface area contributed by atoms with Gasteiger partial charge in [0.25, 0.3) is 11.7 Å². The standard InChI is InChI=1S/C31H29ClN2O4/c1-5-38-26-14-13-19(15-23(26)18(2)3)29(35)27-28(24-17-33(4)25-12-7-6-11-22(24)25)34(31(37)30(27)36)21-10-8-9-20(32)16-21/h6-18,28,35H,5H2,1-4H3/b29-27+. The molecule has 4 aromatic rings. The molecule has 1 aliphatic rings. The molecule has 194 valence electrons. The number of aliphatic hydroxyl groups excluding tert-OH is 1. The molecule has 5 rings (SSSR count). The lowest BCUT2D eigenvalue weighted by molar-refractivity contribution is -0.132. The Morgan fingerprint density at radius 1 is 1.05 bits per heavy atom. The number of aryl methyl sites for hydroxylation is 1. The average Bonchev–Trinajstić information content (AvgIpc) is 3.37. The van der Waals surface area contributed by atoms with Crippen molar-refractivity contribution in [3.8, 4) is 5.75 Å². The normalized spacial score (nSPS) is 17.1. The maximum atomic E-state index is 13.6. The van der Waals surface area contributed by atoms with Crippen molar-refractivity contribution < 1.29 is 19.4 Å². The average molecular weight is 529 g/mol. The number of halogens is 1. The fourth-order valence-corrected chi connectivity index (χ4v) is 5.38. The van der Waals surface area contributed by atoms with Crippen LogP contribution in [0.5, 0.6) is 5.75 Å². The van der Waals surface area contributed by atoms with Gasteiger partial charge in [-0.2, -0.15) is 0 Å². The summed E-state index contributed by atoms with van der Waals surface area (Å²) in [5.74, 6) is -0.853. The second-order valence-corrected chi connectivity index (χ2v) is 10.1. The van der Waals surface area contributed by atoms with Gasteiger partial charge >= 0.3 is 0 Å². The summed E-state index contributed by atoms with van der Waals surface area (Å²) in [6.45, 7) is 6.50. The number of ketones is 1. The van der Waals surface area contributed by atoms with E-state index in [1.54, 1.807) is 36.4 Å². The van der Waals surface area contributed by atoms with Gasteiger partial charge in [0.2, 0.25) is 0 Å². The van der Waals surface area contributed by atoms with Gasteiger partial charge in [0.1, 0.15) is 11.5 Å². The zero-order valence-corrected chi connectivity index (χ0v) is 22.5. The van der Waals surface area contributed by atoms with E-state index in [2.05, 4.69) is 0 Å². The van der Waals surface area contributed by atoms with Crippen LogP contribution >= 0.6 is 11.6 Å². The van der Waals surface area contributed by atoms with Crippen molar-refractivity contribution in [2.24, 2.45) is 7.05 Å². The minimum absolute atomic E-state index is 0.0326. The monoisotopic (exact) mass is 528 g/mol. The van der Waals surface area contributed by atoms with Crippen LogP contribution in [-0.2, 0) is 16.6 Å². The van der Waals surface area contributed by atoms with Gasteiger partial charge in [-0.05, 0) is 60.9 Å². The minimum Gasteiger partial charge on any atom is -0.507 e. The number of nitrogens with zero attached hydrogens (tertiary/aromatic N) is 2. The number of aliphatic hydroxyl groups is 1. The predicted octanol–water partition coefficient (Wildman–Crippen LogP) is 6.98. The van der Waals surface area contributed by atoms with Gasteiger partial charge in [-0.1, -0.05) is 49.7 Å². The predicted molar refractivity (Wildman–Crippen MR) is 151 cm³/mol. The summed E-state index contributed by atoms with van der Waals surface area (Å²) in [4.78, 5) is 28.6. The first-order valence-corrected chi connectivity index (χ1v) is 13.0. The summed E-state index contributed by atoms with van der Waals surface area (Å²) in [7, 11) is 1.92. The van der Waals surface area contributed by atoms with Crippen LogP contribution in [0.1, 0.15) is 49.4 Å². The molecule has 0 spiro atoms. The number of anilines is 1. The molecule has 3 aromatic carbocycles. The molecule has 2 heterocycles. The topological polar surface area (TPSA) is 71.8 Å². The fourth-order valence-electron chi connectivity index (χ4n) is 5.20. The number of benzene rings is 3. The zero-order valence-electron chi connectivity index (χ0n) is 21.7. The molecule has 6 nitrogen and oxygen atoms in total. The Kier molecular flexibility index (Phi) is 6.76. The van der Waals surface area contributed by atoms with Crippen molar-refractivity contribution in [3.05, 3.63) is 100 Å². The molecule has 1 N–H and O–H groups in total. The van der Waals surface area contributed by atoms with E-state index in [-0.39, 0.29) is 17.3 Å². The number of amides is 1. The van der Waals surface area contributed by atoms with Crippen LogP contribution in [0.2, 0.25) is 5.02 Å². The van der Waals surface area contributed by atoms with Crippen molar-refractivity contribution in [2.45, 2.75) is 32.7 Å². The number of ether oxygens (including phenoxy) is 1. The number of carbonyl (C=O) groups is 2. The van der Waals surface area contributed by atoms with Crippen LogP contribution in [0, 0.1) is 0 Å². The molecule has 0 bridgehead atoms. The maximum absolute atomic E-state index is 13.6. The highest BCUT2D eigenvalue weighted by molar-refractivity contribution is 6.52. The quantitative estimate of drug-likeness (QED) is 0.166. The van der Waals surface area contributed by atoms with Crippen molar-refractivity contribution in [3.63, 3.8) is 0 Å². The first kappa shape index (κ1) is 25.6. The van der Waals surface area contributed by atoms with Gasteiger partial charge in [0.05, 0.1) is 18.2 Å². The van der Waals surface area contributed by atoms with Crippen LogP contribution in [0.3, 0.4) is 0 Å². The van der Waals surface area contributed by atoms with Gasteiger partial charge in [0.15, 0.2) is 0 Å². The molecule has 7 heteroatoms. The summed E-state index contributed by atoms with van der Waals surface area (Å²) < 4.78 is 7.74. The van der Waals surface area contributed by atoms with Crippen molar-refractivity contribution >= 4 is 45.6 Å². The van der Waals surface area contributed by atoms with Crippen LogP contribution in [0.25, 0.3) is 16.7 Å². The number of rotatable bonds is 6. The number of hydrogen-bond donors (Lipinski definition) is 1. The summed E-state index contributed by atoms with van der Waals surface area (Å²) in [6, 6.07) is 19.1. The third-order valence-electron chi connectivity index (χ3n) is 6.96. The fraction of sp³-hybridized carbons (Fsp3) is 0.226. The minimum atomic E-state index is -0.853. The number of carbonyl (C=O) groups excluding carboxylic acids is 2. The third-order valence-corrected chi connectivity index (χ3v) is 7.19. The summed E-state index contributed by atoms with van der Waals surface area (Å²) in [5.41, 5.74) is 3.55. The molecule has 0 aliphatic carbocycles. The Bertz CT molecular complexity index is 1600. The van der Waals surface area contributed by atoms with Gasteiger partial charge < -0.3 is 14.4 Å². The van der Waals surface area contributed by atoms with E-state index < -0.39 is 17.7 Å². The van der Waals surface area contributed by atoms with E-state index >= 15 is 0 Å². The van der Waals surface area contributed by atoms with E-state index in [1.165, 1.54) is 4.90 Å². The first-order valence-electron chi connectivity index (χ1n) is 12.6. The van der Waals surface area contributed by atoms with Crippen molar-refractivity contribution in [2.75, 3.05) is 11.5 Å². The zero-order chi connectivity index (χ0) is 27.1. The highest BCUT2D eigenvalue weighted by Crippen LogP contribution is 2.45. The molecule has 0 radical (unpaired) electrons. The Morgan fingerprint density at radius 3 is 2.53 bits per heavy atom. The Hall–Kier alpha value is -4.03. The number of fused-ring (bicyclic) bond motifs is 1. The van der Waals surface area contributed by atoms with E-state index in [0.717, 1.165) is 27.8 Å². The molecule has 0 saturated carbocycles. The van der Waals surface area contributed by atoms with Crippen LogP contribution in [0.15, 0.2) is 78.5 Å². The first-order chi connectivity index (χ1) is 18.2. The molecular weight excluding hydrogens is 500 g/mol. The lowest BCUT2D eigenvalue weighted by atomic mass is 9.93. The number of Topliss-reactive ketones (excluding diaryl/α,β-unsaturated/α-hetero) is 1. The Labute approximate surface area is 226 Å². The van der Waals surface area contributed by atoms with Crippen LogP contribution in [0.4, 0.5) is 5.69 Å². The smallest absolute Gasteiger partial charge is 0.300 e.